The Hall–Kier alpha value is -16.2. The number of rotatable bonds is 19. The van der Waals surface area contributed by atoms with Crippen LogP contribution in [0.5, 0.6) is 40.2 Å². The Morgan fingerprint density at radius 2 is 0.580 bits per heavy atom. The van der Waals surface area contributed by atoms with Crippen molar-refractivity contribution in [1.82, 2.24) is 18.3 Å². The third kappa shape index (κ3) is 19.8. The van der Waals surface area contributed by atoms with Crippen LogP contribution < -0.4 is 59.0 Å². The largest absolute Gasteiger partial charge is 0.505 e. The fourth-order valence-electron chi connectivity index (χ4n) is 16.4. The van der Waals surface area contributed by atoms with Crippen LogP contribution in [0.4, 0.5) is 13.2 Å². The van der Waals surface area contributed by atoms with E-state index in [1.54, 1.807) is 180 Å². The Balaban J connectivity index is 0.000000131. The maximum atomic E-state index is 14.3. The van der Waals surface area contributed by atoms with Crippen LogP contribution in [0, 0.1) is 45.1 Å². The Morgan fingerprint density at radius 1 is 0.301 bits per heavy atom. The van der Waals surface area contributed by atoms with Crippen molar-refractivity contribution in [2.24, 2.45) is 0 Å². The van der Waals surface area contributed by atoms with Gasteiger partial charge < -0.3 is 52.3 Å². The molecule has 32 heteroatoms. The molecule has 20 rings (SSSR count). The second kappa shape index (κ2) is 42.5. The first-order valence-electron chi connectivity index (χ1n) is 43.5. The lowest BCUT2D eigenvalue weighted by Crippen LogP contribution is -2.23. The van der Waals surface area contributed by atoms with Crippen molar-refractivity contribution in [3.8, 4) is 108 Å². The number of halogens is 5. The second-order valence-corrected chi connectivity index (χ2v) is 37.3. The van der Waals surface area contributed by atoms with Gasteiger partial charge in [0.15, 0.2) is 45.3 Å². The van der Waals surface area contributed by atoms with Gasteiger partial charge in [-0.1, -0.05) is 235 Å². The topological polar surface area (TPSA) is 317 Å². The van der Waals surface area contributed by atoms with E-state index in [1.165, 1.54) is 87.1 Å². The number of aromatic hydroxyl groups is 4. The average molecular weight is 2070 g/mol. The minimum atomic E-state index is -0.867. The molecule has 0 spiro atoms. The van der Waals surface area contributed by atoms with E-state index in [0.29, 0.717) is 122 Å². The molecule has 8 aromatic heterocycles. The molecule has 0 saturated heterocycles. The summed E-state index contributed by atoms with van der Waals surface area (Å²) in [5.41, 5.74) is 3.09. The van der Waals surface area contributed by atoms with Gasteiger partial charge in [-0.15, -0.1) is 0 Å². The van der Waals surface area contributed by atoms with Crippen LogP contribution in [0.1, 0.15) is 22.3 Å². The molecule has 12 aromatic carbocycles. The molecule has 4 N–H and O–H groups in total. The summed E-state index contributed by atoms with van der Waals surface area (Å²) in [5, 5.41) is 44.8. The van der Waals surface area contributed by atoms with Crippen molar-refractivity contribution >= 4 is 118 Å². The molecule has 0 aliphatic rings. The number of hydrogen-bond donors (Lipinski definition) is 4. The molecule has 0 atom stereocenters. The number of nitrogens with zero attached hydrogens (tertiary/aromatic N) is 4. The number of methoxy groups -OCH3 is 3. The molecule has 23 nitrogen and oxygen atoms in total. The predicted molar refractivity (Wildman–Crippen MR) is 554 cm³/mol. The van der Waals surface area contributed by atoms with E-state index < -0.39 is 85.2 Å². The fourth-order valence-corrected chi connectivity index (χ4v) is 20.4. The number of ether oxygens (including phenoxy) is 3. The quantitative estimate of drug-likeness (QED) is 0.0584. The van der Waals surface area contributed by atoms with Crippen LogP contribution in [0.15, 0.2) is 415 Å². The summed E-state index contributed by atoms with van der Waals surface area (Å²) < 4.78 is 87.3. The molecule has 0 bridgehead atoms. The van der Waals surface area contributed by atoms with Crippen LogP contribution in [-0.2, 0) is 0 Å². The van der Waals surface area contributed by atoms with Crippen molar-refractivity contribution in [3.63, 3.8) is 0 Å². The monoisotopic (exact) mass is 2070 g/mol. The summed E-state index contributed by atoms with van der Waals surface area (Å²) in [6, 6.07) is 88.8. The third-order valence-electron chi connectivity index (χ3n) is 22.9. The zero-order valence-electron chi connectivity index (χ0n) is 76.2. The van der Waals surface area contributed by atoms with Gasteiger partial charge in [-0.2, -0.15) is 0 Å². The van der Waals surface area contributed by atoms with Gasteiger partial charge in [0, 0.05) is 69.5 Å². The summed E-state index contributed by atoms with van der Waals surface area (Å²) in [6.07, 6.45) is 0. The van der Waals surface area contributed by atoms with E-state index in [0.717, 1.165) is 50.9 Å². The molecule has 0 aliphatic carbocycles. The van der Waals surface area contributed by atoms with Crippen molar-refractivity contribution in [1.29, 1.82) is 0 Å². The number of fused-ring (bicyclic) bond motifs is 4. The minimum absolute atomic E-state index is 0.0101. The van der Waals surface area contributed by atoms with E-state index in [-0.39, 0.29) is 74.0 Å². The fraction of sp³-hybridized carbons (Fsp3) is 0.0631. The first-order valence-corrected chi connectivity index (χ1v) is 47.9. The first-order chi connectivity index (χ1) is 69.0. The summed E-state index contributed by atoms with van der Waals surface area (Å²) in [6.45, 7) is 6.90. The number of hydrogen-bond acceptors (Lipinski definition) is 23. The Bertz CT molecular complexity index is 8680. The summed E-state index contributed by atoms with van der Waals surface area (Å²) >= 11 is 12.9. The highest BCUT2D eigenvalue weighted by Gasteiger charge is 2.32. The summed E-state index contributed by atoms with van der Waals surface area (Å²) in [7, 11) is 4.61. The predicted octanol–water partition coefficient (Wildman–Crippen LogP) is 25.0. The lowest BCUT2D eigenvalue weighted by atomic mass is 10.0. The Labute approximate surface area is 839 Å². The Morgan fingerprint density at radius 3 is 0.902 bits per heavy atom. The maximum Gasteiger partial charge on any atom is 0.354 e. The standard InChI is InChI=1S/C28H20BrNO5S.2C28H20FNO5S.C27H17ClFNO4S/c1-16-23(17-9-4-3-5-10-17)30(18-11-8-12-19(15-18)34-2)27(32)22-24(31)26(28(33)35-25(16)22)36-21-14-7-6-13-20(21)29;1-16-23(17-8-4-3-5-9-17)30(19-11-7-12-20(15-19)34-2)27(32)22-24(31)26(28(33)35-25(16)22)36-21-13-6-10-18(29)14-21;1-16-23(17-9-4-3-5-10-17)30(18-11-8-12-19(15-18)34-2)27(32)22-24(31)26(28(33)35-25(16)22)36-21-14-7-6-13-20(21)29;1-15-22(16-6-3-2-4-7-16)30(19-9-5-8-18(29)14-19)26(32)21-23(31)25(27(33)34-24(15)21)35-20-12-10-17(28)11-13-20/h3*3-15,31H,1-2H3;2-14,31H,1H3. The Kier molecular flexibility index (Phi) is 29.3. The van der Waals surface area contributed by atoms with E-state index in [4.69, 9.17) is 43.5 Å². The molecule has 714 valence electrons. The van der Waals surface area contributed by atoms with Gasteiger partial charge in [0.2, 0.25) is 0 Å². The summed E-state index contributed by atoms with van der Waals surface area (Å²) in [4.78, 5) is 109. The molecule has 8 heterocycles. The molecule has 143 heavy (non-hydrogen) atoms. The number of aryl methyl sites for hydroxylation is 4. The zero-order chi connectivity index (χ0) is 101. The normalized spacial score (nSPS) is 11.1. The van der Waals surface area contributed by atoms with Crippen LogP contribution in [-0.4, -0.2) is 60.0 Å². The minimum Gasteiger partial charge on any atom is -0.505 e. The highest BCUT2D eigenvalue weighted by molar-refractivity contribution is 9.10. The van der Waals surface area contributed by atoms with Crippen LogP contribution >= 0.6 is 74.6 Å². The smallest absolute Gasteiger partial charge is 0.354 e. The molecule has 20 aromatic rings. The molecule has 0 unspecified atom stereocenters. The molecule has 0 fully saturated rings. The van der Waals surface area contributed by atoms with Crippen molar-refractivity contribution in [3.05, 3.63) is 448 Å². The molecular weight excluding hydrogens is 1990 g/mol. The van der Waals surface area contributed by atoms with Crippen LogP contribution in [0.2, 0.25) is 5.02 Å². The third-order valence-corrected chi connectivity index (χ3v) is 28.5. The number of pyridine rings is 4. The maximum absolute atomic E-state index is 14.3. The van der Waals surface area contributed by atoms with E-state index in [9.17, 15) is 72.0 Å². The van der Waals surface area contributed by atoms with Crippen molar-refractivity contribution < 1.29 is 65.5 Å². The van der Waals surface area contributed by atoms with Gasteiger partial charge in [0.25, 0.3) is 22.2 Å². The second-order valence-electron chi connectivity index (χ2n) is 31.8. The van der Waals surface area contributed by atoms with Gasteiger partial charge in [-0.3, -0.25) is 37.4 Å². The van der Waals surface area contributed by atoms with Crippen molar-refractivity contribution in [2.45, 2.75) is 66.9 Å². The zero-order valence-corrected chi connectivity index (χ0v) is 81.9. The molecule has 0 saturated carbocycles. The van der Waals surface area contributed by atoms with Gasteiger partial charge >= 0.3 is 22.5 Å². The highest BCUT2D eigenvalue weighted by atomic mass is 79.9. The number of benzene rings is 12. The highest BCUT2D eigenvalue weighted by Crippen LogP contribution is 2.46. The van der Waals surface area contributed by atoms with E-state index in [1.807, 2.05) is 115 Å². The number of aromatic nitrogens is 4. The SMILES string of the molecule is COc1cccc(-n2c(-c3ccccc3)c(C)c3oc(=O)c(Sc4cccc(F)c4)c(O)c3c2=O)c1.COc1cccc(-n2c(-c3ccccc3)c(C)c3oc(=O)c(Sc4ccccc4Br)c(O)c3c2=O)c1.COc1cccc(-n2c(-c3ccccc3)c(C)c3oc(=O)c(Sc4ccccc4F)c(O)c3c2=O)c1.Cc1c(-c2ccccc2)n(-c2cccc(F)c2)c(=O)c2c(O)c(Sc3ccc(Cl)cc3)c(=O)oc12. The van der Waals surface area contributed by atoms with Gasteiger partial charge in [-0.25, -0.2) is 32.3 Å². The van der Waals surface area contributed by atoms with Crippen LogP contribution in [0.25, 0.3) is 112 Å². The van der Waals surface area contributed by atoms with Crippen molar-refractivity contribution in [2.75, 3.05) is 21.3 Å². The lowest BCUT2D eigenvalue weighted by molar-refractivity contribution is 0.414. The van der Waals surface area contributed by atoms with Crippen LogP contribution in [0.3, 0.4) is 0 Å². The first kappa shape index (κ1) is 98.4. The van der Waals surface area contributed by atoms with Gasteiger partial charge in [0.05, 0.1) is 66.9 Å². The van der Waals surface area contributed by atoms with Gasteiger partial charge in [0.1, 0.15) is 75.8 Å². The van der Waals surface area contributed by atoms with Gasteiger partial charge in [-0.05, 0) is 187 Å². The van der Waals surface area contributed by atoms with E-state index in [2.05, 4.69) is 15.9 Å². The lowest BCUT2D eigenvalue weighted by Gasteiger charge is -2.19. The molecule has 0 amide bonds. The van der Waals surface area contributed by atoms with E-state index >= 15 is 0 Å². The molecule has 0 radical (unpaired) electrons. The summed E-state index contributed by atoms with van der Waals surface area (Å²) in [5.74, 6) is -1.89. The average Bonchev–Trinajstić information content (AvgIpc) is 0.742. The molecule has 0 aliphatic heterocycles. The molecular formula is C111H77BrClF3N4O19S4.